The average Bonchev–Trinajstić information content (AvgIpc) is 3.37. The lowest BCUT2D eigenvalue weighted by molar-refractivity contribution is -0.131. The molecule has 0 radical (unpaired) electrons. The van der Waals surface area contributed by atoms with E-state index in [-0.39, 0.29) is 11.9 Å². The molecule has 3 heterocycles. The summed E-state index contributed by atoms with van der Waals surface area (Å²) in [6.45, 7) is 5.06. The molecule has 0 bridgehead atoms. The average molecular weight is 347 g/mol. The first-order valence-electron chi connectivity index (χ1n) is 9.31. The Labute approximate surface area is 154 Å². The second-order valence-corrected chi connectivity index (χ2v) is 7.11. The molecule has 0 aliphatic carbocycles. The summed E-state index contributed by atoms with van der Waals surface area (Å²) in [4.78, 5) is 18.4. The van der Waals surface area contributed by atoms with Crippen LogP contribution in [0.2, 0.25) is 0 Å². The highest BCUT2D eigenvalue weighted by atomic mass is 16.2. The summed E-state index contributed by atoms with van der Waals surface area (Å²) in [6, 6.07) is 16.8. The highest BCUT2D eigenvalue weighted by Gasteiger charge is 2.30. The van der Waals surface area contributed by atoms with Crippen LogP contribution >= 0.6 is 0 Å². The molecule has 134 valence electrons. The first kappa shape index (κ1) is 16.7. The number of likely N-dealkylation sites (tertiary alicyclic amines) is 1. The Kier molecular flexibility index (Phi) is 4.41. The molecular weight excluding hydrogens is 322 g/mol. The largest absolute Gasteiger partial charge is 0.363 e. The zero-order chi connectivity index (χ0) is 18.1. The molecule has 1 amide bonds. The molecule has 1 aliphatic heterocycles. The summed E-state index contributed by atoms with van der Waals surface area (Å²) in [6.07, 6.45) is 4.50. The Balaban J connectivity index is 1.57. The number of aryl methyl sites for hydroxylation is 1. The molecule has 3 aromatic rings. The molecule has 4 heteroatoms. The molecule has 26 heavy (non-hydrogen) atoms. The van der Waals surface area contributed by atoms with Crippen molar-refractivity contribution in [1.82, 2.24) is 14.5 Å². The molecule has 1 aliphatic rings. The number of benzene rings is 1. The van der Waals surface area contributed by atoms with Crippen molar-refractivity contribution >= 4 is 5.91 Å². The van der Waals surface area contributed by atoms with Crippen molar-refractivity contribution in [3.05, 3.63) is 77.4 Å². The number of hydrogen-bond donors (Lipinski definition) is 1. The van der Waals surface area contributed by atoms with Gasteiger partial charge in [0.2, 0.25) is 5.91 Å². The van der Waals surface area contributed by atoms with E-state index in [1.54, 1.807) is 0 Å². The predicted molar refractivity (Wildman–Crippen MR) is 103 cm³/mol. The van der Waals surface area contributed by atoms with Crippen molar-refractivity contribution in [3.63, 3.8) is 0 Å². The lowest BCUT2D eigenvalue weighted by atomic mass is 10.1. The number of carbonyl (C=O) groups excluding carboxylic acids is 1. The van der Waals surface area contributed by atoms with E-state index in [4.69, 9.17) is 0 Å². The van der Waals surface area contributed by atoms with Crippen LogP contribution in [-0.4, -0.2) is 26.9 Å². The Morgan fingerprint density at radius 1 is 1.15 bits per heavy atom. The monoisotopic (exact) mass is 347 g/mol. The van der Waals surface area contributed by atoms with Gasteiger partial charge in [-0.15, -0.1) is 0 Å². The van der Waals surface area contributed by atoms with Crippen LogP contribution in [0.3, 0.4) is 0 Å². The third kappa shape index (κ3) is 2.96. The minimum absolute atomic E-state index is 0.190. The number of nitrogens with zero attached hydrogens (tertiary/aromatic N) is 2. The van der Waals surface area contributed by atoms with Crippen LogP contribution in [-0.2, 0) is 11.2 Å². The van der Waals surface area contributed by atoms with Gasteiger partial charge in [-0.1, -0.05) is 18.2 Å². The number of aromatic nitrogens is 2. The molecule has 4 rings (SSSR count). The van der Waals surface area contributed by atoms with Gasteiger partial charge in [0.1, 0.15) is 0 Å². The molecule has 1 atom stereocenters. The van der Waals surface area contributed by atoms with E-state index in [0.717, 1.165) is 42.0 Å². The maximum atomic E-state index is 13.0. The molecule has 1 N–H and O–H groups in total. The summed E-state index contributed by atoms with van der Waals surface area (Å²) in [5.74, 6) is 0.218. The van der Waals surface area contributed by atoms with Crippen LogP contribution in [0.4, 0.5) is 0 Å². The third-order valence-electron chi connectivity index (χ3n) is 5.45. The maximum absolute atomic E-state index is 13.0. The zero-order valence-corrected chi connectivity index (χ0v) is 15.4. The summed E-state index contributed by atoms with van der Waals surface area (Å²) in [5, 5.41) is 0. The van der Waals surface area contributed by atoms with E-state index in [0.29, 0.717) is 6.42 Å². The minimum atomic E-state index is 0.190. The van der Waals surface area contributed by atoms with E-state index < -0.39 is 0 Å². The number of amides is 1. The van der Waals surface area contributed by atoms with Gasteiger partial charge in [0.25, 0.3) is 0 Å². The maximum Gasteiger partial charge on any atom is 0.227 e. The van der Waals surface area contributed by atoms with Crippen LogP contribution in [0, 0.1) is 13.8 Å². The van der Waals surface area contributed by atoms with E-state index in [1.807, 2.05) is 35.4 Å². The van der Waals surface area contributed by atoms with Gasteiger partial charge in [-0.3, -0.25) is 4.79 Å². The number of H-pyrrole nitrogens is 1. The standard InChI is InChI=1S/C22H25N3O/c1-16-14-18(17(2)25(16)19-8-4-3-5-9-19)15-22(26)24-13-7-11-21(24)20-10-6-12-23-20/h3-6,8-10,12,14,21,23H,7,11,13,15H2,1-2H3. The molecule has 0 saturated carbocycles. The topological polar surface area (TPSA) is 41.0 Å². The van der Waals surface area contributed by atoms with Crippen molar-refractivity contribution in [1.29, 1.82) is 0 Å². The fraction of sp³-hybridized carbons (Fsp3) is 0.318. The minimum Gasteiger partial charge on any atom is -0.363 e. The number of aromatic amines is 1. The van der Waals surface area contributed by atoms with Gasteiger partial charge in [0, 0.05) is 35.5 Å². The Bertz CT molecular complexity index is 893. The Morgan fingerprint density at radius 3 is 2.69 bits per heavy atom. The van der Waals surface area contributed by atoms with Crippen LogP contribution in [0.5, 0.6) is 0 Å². The smallest absolute Gasteiger partial charge is 0.227 e. The predicted octanol–water partition coefficient (Wildman–Crippen LogP) is 4.33. The molecule has 0 spiro atoms. The summed E-state index contributed by atoms with van der Waals surface area (Å²) in [7, 11) is 0. The molecule has 1 unspecified atom stereocenters. The number of para-hydroxylation sites is 1. The van der Waals surface area contributed by atoms with Gasteiger partial charge in [-0.25, -0.2) is 0 Å². The summed E-state index contributed by atoms with van der Waals surface area (Å²) >= 11 is 0. The number of carbonyl (C=O) groups is 1. The lowest BCUT2D eigenvalue weighted by Gasteiger charge is -2.24. The quantitative estimate of drug-likeness (QED) is 0.750. The highest BCUT2D eigenvalue weighted by Crippen LogP contribution is 2.32. The van der Waals surface area contributed by atoms with Gasteiger partial charge in [-0.05, 0) is 62.6 Å². The SMILES string of the molecule is Cc1cc(CC(=O)N2CCCC2c2ccc[nH]2)c(C)n1-c1ccccc1. The fourth-order valence-corrected chi connectivity index (χ4v) is 4.19. The van der Waals surface area contributed by atoms with Gasteiger partial charge >= 0.3 is 0 Å². The first-order valence-corrected chi connectivity index (χ1v) is 9.31. The molecular formula is C22H25N3O. The van der Waals surface area contributed by atoms with Gasteiger partial charge < -0.3 is 14.5 Å². The van der Waals surface area contributed by atoms with Gasteiger partial charge in [-0.2, -0.15) is 0 Å². The summed E-state index contributed by atoms with van der Waals surface area (Å²) < 4.78 is 2.23. The van der Waals surface area contributed by atoms with Crippen molar-refractivity contribution in [3.8, 4) is 5.69 Å². The number of hydrogen-bond acceptors (Lipinski definition) is 1. The molecule has 2 aromatic heterocycles. The van der Waals surface area contributed by atoms with Crippen molar-refractivity contribution in [2.75, 3.05) is 6.54 Å². The zero-order valence-electron chi connectivity index (χ0n) is 15.4. The third-order valence-corrected chi connectivity index (χ3v) is 5.45. The van der Waals surface area contributed by atoms with Crippen LogP contribution in [0.15, 0.2) is 54.7 Å². The van der Waals surface area contributed by atoms with Crippen LogP contribution in [0.1, 0.15) is 41.5 Å². The van der Waals surface area contributed by atoms with E-state index >= 15 is 0 Å². The van der Waals surface area contributed by atoms with Crippen LogP contribution < -0.4 is 0 Å². The summed E-state index contributed by atoms with van der Waals surface area (Å²) in [5.41, 5.74) is 5.72. The highest BCUT2D eigenvalue weighted by molar-refractivity contribution is 5.80. The molecule has 1 fully saturated rings. The normalized spacial score (nSPS) is 17.0. The van der Waals surface area contributed by atoms with Crippen molar-refractivity contribution in [2.24, 2.45) is 0 Å². The molecule has 1 aromatic carbocycles. The number of nitrogens with one attached hydrogen (secondary N) is 1. The van der Waals surface area contributed by atoms with E-state index in [1.165, 1.54) is 5.69 Å². The Hall–Kier alpha value is -2.75. The van der Waals surface area contributed by atoms with Gasteiger partial charge in [0.15, 0.2) is 0 Å². The fourth-order valence-electron chi connectivity index (χ4n) is 4.19. The second-order valence-electron chi connectivity index (χ2n) is 7.11. The van der Waals surface area contributed by atoms with E-state index in [9.17, 15) is 4.79 Å². The molecule has 4 nitrogen and oxygen atoms in total. The Morgan fingerprint density at radius 2 is 1.96 bits per heavy atom. The number of rotatable bonds is 4. The lowest BCUT2D eigenvalue weighted by Crippen LogP contribution is -2.32. The van der Waals surface area contributed by atoms with Crippen molar-refractivity contribution in [2.45, 2.75) is 39.2 Å². The van der Waals surface area contributed by atoms with Gasteiger partial charge in [0.05, 0.1) is 12.5 Å². The van der Waals surface area contributed by atoms with Crippen molar-refractivity contribution < 1.29 is 4.79 Å². The van der Waals surface area contributed by atoms with Crippen LogP contribution in [0.25, 0.3) is 5.69 Å². The second kappa shape index (κ2) is 6.87. The first-order chi connectivity index (χ1) is 12.6. The van der Waals surface area contributed by atoms with E-state index in [2.05, 4.69) is 47.7 Å². The molecule has 1 saturated heterocycles.